The van der Waals surface area contributed by atoms with Crippen molar-refractivity contribution < 1.29 is 9.59 Å². The predicted molar refractivity (Wildman–Crippen MR) is 134 cm³/mol. The molecule has 5 N–H and O–H groups in total. The number of allylic oxidation sites excluding steroid dienone is 1. The number of rotatable bonds is 6. The van der Waals surface area contributed by atoms with E-state index in [0.717, 1.165) is 49.0 Å². The van der Waals surface area contributed by atoms with Crippen molar-refractivity contribution in [1.29, 1.82) is 0 Å². The summed E-state index contributed by atoms with van der Waals surface area (Å²) < 4.78 is 0. The molecule has 9 nitrogen and oxygen atoms in total. The number of nitrogens with one attached hydrogen (secondary N) is 3. The Morgan fingerprint density at radius 2 is 1.94 bits per heavy atom. The molecule has 2 aliphatic carbocycles. The van der Waals surface area contributed by atoms with Gasteiger partial charge in [-0.3, -0.25) is 9.59 Å². The topological polar surface area (TPSA) is 129 Å². The molecule has 6 rings (SSSR count). The van der Waals surface area contributed by atoms with E-state index < -0.39 is 0 Å². The average molecular weight is 472 g/mol. The fraction of sp³-hybridized carbons (Fsp3) is 0.385. The predicted octanol–water partition coefficient (Wildman–Crippen LogP) is 3.33. The summed E-state index contributed by atoms with van der Waals surface area (Å²) in [6, 6.07) is 7.32. The summed E-state index contributed by atoms with van der Waals surface area (Å²) in [5, 5.41) is 7.70. The van der Waals surface area contributed by atoms with E-state index in [4.69, 9.17) is 10.7 Å². The zero-order valence-electron chi connectivity index (χ0n) is 19.6. The molecule has 3 aliphatic rings. The van der Waals surface area contributed by atoms with Crippen LogP contribution in [0.15, 0.2) is 42.6 Å². The van der Waals surface area contributed by atoms with Crippen LogP contribution < -0.4 is 16.4 Å². The normalized spacial score (nSPS) is 24.9. The molecule has 1 saturated carbocycles. The summed E-state index contributed by atoms with van der Waals surface area (Å²) >= 11 is 0. The van der Waals surface area contributed by atoms with Gasteiger partial charge in [-0.05, 0) is 61.8 Å². The highest BCUT2D eigenvalue weighted by atomic mass is 16.2. The standard InChI is InChI=1S/C26H29N7O2/c1-14-13-28-23-19(14)24(30-21-16-8-7-15(11-16)20(21)22(27)34)32-26(31-23)29-18-6-4-5-17(12-18)25(35)33-9-2-3-10-33/h4-8,12-13,15-16,20-21H,2-3,9-11H2,1H3,(H2,27,34)(H3,28,29,30,31,32)/t15-,16+,20+,21-/m1/s1. The van der Waals surface area contributed by atoms with Crippen molar-refractivity contribution in [2.75, 3.05) is 23.7 Å². The lowest BCUT2D eigenvalue weighted by Crippen LogP contribution is -2.41. The van der Waals surface area contributed by atoms with Crippen LogP contribution in [0.25, 0.3) is 11.0 Å². The van der Waals surface area contributed by atoms with Crippen LogP contribution in [0.3, 0.4) is 0 Å². The highest BCUT2D eigenvalue weighted by Crippen LogP contribution is 2.45. The summed E-state index contributed by atoms with van der Waals surface area (Å²) in [5.41, 5.74) is 8.86. The number of amides is 2. The Labute approximate surface area is 203 Å². The maximum atomic E-state index is 12.8. The van der Waals surface area contributed by atoms with E-state index in [9.17, 15) is 9.59 Å². The van der Waals surface area contributed by atoms with Crippen molar-refractivity contribution in [1.82, 2.24) is 19.9 Å². The number of aryl methyl sites for hydroxylation is 1. The van der Waals surface area contributed by atoms with Crippen LogP contribution in [0.2, 0.25) is 0 Å². The van der Waals surface area contributed by atoms with Crippen molar-refractivity contribution in [2.24, 2.45) is 23.5 Å². The lowest BCUT2D eigenvalue weighted by atomic mass is 9.88. The van der Waals surface area contributed by atoms with Crippen LogP contribution in [0.5, 0.6) is 0 Å². The second-order valence-electron chi connectivity index (χ2n) is 9.84. The first kappa shape index (κ1) is 21.6. The van der Waals surface area contributed by atoms with E-state index in [1.54, 1.807) is 0 Å². The SMILES string of the molecule is Cc1c[nH]c2nc(Nc3cccc(C(=O)N4CCCC4)c3)nc(N[C@H]3[C@@H](C(N)=O)[C@@H]4C=C[C@H]3C4)c12. The van der Waals surface area contributed by atoms with Crippen molar-refractivity contribution in [3.63, 3.8) is 0 Å². The van der Waals surface area contributed by atoms with Gasteiger partial charge >= 0.3 is 0 Å². The number of nitrogens with zero attached hydrogens (tertiary/aromatic N) is 3. The van der Waals surface area contributed by atoms with Gasteiger partial charge in [-0.15, -0.1) is 0 Å². The number of benzene rings is 1. The van der Waals surface area contributed by atoms with Gasteiger partial charge in [-0.2, -0.15) is 9.97 Å². The minimum Gasteiger partial charge on any atom is -0.369 e. The number of H-pyrrole nitrogens is 1. The van der Waals surface area contributed by atoms with Crippen molar-refractivity contribution in [3.8, 4) is 0 Å². The maximum absolute atomic E-state index is 12.8. The molecule has 3 aromatic rings. The molecule has 0 unspecified atom stereocenters. The quantitative estimate of drug-likeness (QED) is 0.408. The van der Waals surface area contributed by atoms with Gasteiger partial charge in [0.2, 0.25) is 11.9 Å². The highest BCUT2D eigenvalue weighted by molar-refractivity contribution is 5.96. The molecular weight excluding hydrogens is 442 g/mol. The van der Waals surface area contributed by atoms with E-state index in [2.05, 4.69) is 32.8 Å². The zero-order valence-corrected chi connectivity index (χ0v) is 19.6. The first-order chi connectivity index (χ1) is 17.0. The number of aromatic nitrogens is 3. The van der Waals surface area contributed by atoms with Crippen LogP contribution in [-0.4, -0.2) is 50.8 Å². The monoisotopic (exact) mass is 471 g/mol. The number of fused-ring (bicyclic) bond motifs is 3. The smallest absolute Gasteiger partial charge is 0.253 e. The minimum atomic E-state index is -0.284. The summed E-state index contributed by atoms with van der Waals surface area (Å²) in [4.78, 5) is 39.6. The second-order valence-corrected chi connectivity index (χ2v) is 9.84. The molecule has 1 aromatic carbocycles. The zero-order chi connectivity index (χ0) is 24.1. The molecule has 9 heteroatoms. The fourth-order valence-electron chi connectivity index (χ4n) is 5.87. The number of hydrogen-bond acceptors (Lipinski definition) is 6. The number of nitrogens with two attached hydrogens (primary N) is 1. The Bertz CT molecular complexity index is 1340. The first-order valence-corrected chi connectivity index (χ1v) is 12.2. The van der Waals surface area contributed by atoms with Crippen molar-refractivity contribution >= 4 is 40.3 Å². The number of carbonyl (C=O) groups is 2. The van der Waals surface area contributed by atoms with Crippen LogP contribution in [0.1, 0.15) is 35.2 Å². The van der Waals surface area contributed by atoms with E-state index >= 15 is 0 Å². The van der Waals surface area contributed by atoms with E-state index in [1.165, 1.54) is 0 Å². The molecule has 1 aliphatic heterocycles. The number of hydrogen-bond donors (Lipinski definition) is 4. The Kier molecular flexibility index (Phi) is 5.20. The molecule has 0 radical (unpaired) electrons. The van der Waals surface area contributed by atoms with Crippen LogP contribution in [0.4, 0.5) is 17.5 Å². The van der Waals surface area contributed by atoms with E-state index in [0.29, 0.717) is 23.0 Å². The molecule has 4 atom stereocenters. The number of primary amides is 1. The highest BCUT2D eigenvalue weighted by Gasteiger charge is 2.47. The molecule has 1 saturated heterocycles. The molecule has 3 heterocycles. The number of anilines is 3. The largest absolute Gasteiger partial charge is 0.369 e. The molecule has 0 spiro atoms. The Morgan fingerprint density at radius 3 is 2.74 bits per heavy atom. The van der Waals surface area contributed by atoms with Crippen molar-refractivity contribution in [2.45, 2.75) is 32.2 Å². The summed E-state index contributed by atoms with van der Waals surface area (Å²) in [6.45, 7) is 3.62. The molecule has 2 fully saturated rings. The molecule has 180 valence electrons. The van der Waals surface area contributed by atoms with Crippen LogP contribution >= 0.6 is 0 Å². The summed E-state index contributed by atoms with van der Waals surface area (Å²) in [6.07, 6.45) is 9.21. The third-order valence-corrected chi connectivity index (χ3v) is 7.58. The van der Waals surface area contributed by atoms with Gasteiger partial charge in [0, 0.05) is 36.6 Å². The molecule has 2 aromatic heterocycles. The first-order valence-electron chi connectivity index (χ1n) is 12.2. The third kappa shape index (κ3) is 3.80. The van der Waals surface area contributed by atoms with Crippen LogP contribution in [0, 0.1) is 24.7 Å². The maximum Gasteiger partial charge on any atom is 0.253 e. The van der Waals surface area contributed by atoms with Gasteiger partial charge < -0.3 is 26.3 Å². The van der Waals surface area contributed by atoms with Gasteiger partial charge in [0.25, 0.3) is 5.91 Å². The second kappa shape index (κ2) is 8.41. The average Bonchev–Trinajstić information content (AvgIpc) is 3.64. The minimum absolute atomic E-state index is 0.0479. The molecular formula is C26H29N7O2. The van der Waals surface area contributed by atoms with Gasteiger partial charge in [0.05, 0.1) is 11.3 Å². The Morgan fingerprint density at radius 1 is 1.14 bits per heavy atom. The van der Waals surface area contributed by atoms with Gasteiger partial charge in [0.1, 0.15) is 11.5 Å². The van der Waals surface area contributed by atoms with Gasteiger partial charge in [0.15, 0.2) is 0 Å². The molecule has 35 heavy (non-hydrogen) atoms. The number of aromatic amines is 1. The summed E-state index contributed by atoms with van der Waals surface area (Å²) in [5.74, 6) is 0.984. The lowest BCUT2D eigenvalue weighted by molar-refractivity contribution is -0.122. The van der Waals surface area contributed by atoms with Gasteiger partial charge in [-0.1, -0.05) is 18.2 Å². The fourth-order valence-corrected chi connectivity index (χ4v) is 5.87. The van der Waals surface area contributed by atoms with Crippen molar-refractivity contribution in [3.05, 3.63) is 53.7 Å². The van der Waals surface area contributed by atoms with E-state index in [-0.39, 0.29) is 35.6 Å². The van der Waals surface area contributed by atoms with Crippen LogP contribution in [-0.2, 0) is 4.79 Å². The third-order valence-electron chi connectivity index (χ3n) is 7.58. The Balaban J connectivity index is 1.31. The van der Waals surface area contributed by atoms with E-state index in [1.807, 2.05) is 42.3 Å². The number of likely N-dealkylation sites (tertiary alicyclic amines) is 1. The number of carbonyl (C=O) groups excluding carboxylic acids is 2. The Hall–Kier alpha value is -3.88. The summed E-state index contributed by atoms with van der Waals surface area (Å²) in [7, 11) is 0. The van der Waals surface area contributed by atoms with Gasteiger partial charge in [-0.25, -0.2) is 0 Å². The lowest BCUT2D eigenvalue weighted by Gasteiger charge is -2.27. The molecule has 2 bridgehead atoms. The molecule has 2 amide bonds.